The Kier molecular flexibility index (Phi) is 18.5. The number of carbonyl (C=O) groups is 6. The highest BCUT2D eigenvalue weighted by molar-refractivity contribution is 6.21. The maximum absolute atomic E-state index is 13.8. The van der Waals surface area contributed by atoms with Gasteiger partial charge >= 0.3 is 23.9 Å². The number of benzene rings is 2. The summed E-state index contributed by atoms with van der Waals surface area (Å²) in [7, 11) is 1.29. The van der Waals surface area contributed by atoms with Gasteiger partial charge in [-0.15, -0.1) is 0 Å². The van der Waals surface area contributed by atoms with E-state index < -0.39 is 110 Å². The number of amides is 2. The number of rotatable bonds is 10. The van der Waals surface area contributed by atoms with Gasteiger partial charge < -0.3 is 56.8 Å². The second kappa shape index (κ2) is 24.4. The summed E-state index contributed by atoms with van der Waals surface area (Å²) in [5.74, 6) is -3.49. The first-order valence-corrected chi connectivity index (χ1v) is 21.0. The number of fused-ring (bicyclic) bond motifs is 17. The summed E-state index contributed by atoms with van der Waals surface area (Å²) in [6, 6.07) is 13.2. The number of esters is 4. The van der Waals surface area contributed by atoms with Crippen LogP contribution in [-0.2, 0) is 86.1 Å². The fraction of sp³-hybridized carbons (Fsp3) is 0.581. The van der Waals surface area contributed by atoms with Crippen molar-refractivity contribution < 1.29 is 105 Å². The van der Waals surface area contributed by atoms with Crippen LogP contribution in [-0.4, -0.2) is 175 Å². The van der Waals surface area contributed by atoms with Crippen molar-refractivity contribution in [2.75, 3.05) is 73.1 Å². The number of carbonyl (C=O) groups excluding carboxylic acids is 6. The van der Waals surface area contributed by atoms with Crippen LogP contribution in [0, 0.1) is 0 Å². The first kappa shape index (κ1) is 50.1. The van der Waals surface area contributed by atoms with E-state index in [1.54, 1.807) is 36.4 Å². The van der Waals surface area contributed by atoms with Gasteiger partial charge in [-0.1, -0.05) is 12.1 Å². The van der Waals surface area contributed by atoms with E-state index in [1.165, 1.54) is 19.2 Å². The molecule has 23 nitrogen and oxygen atoms in total. The Hall–Kier alpha value is -5.34. The van der Waals surface area contributed by atoms with Crippen molar-refractivity contribution in [2.24, 2.45) is 0 Å². The predicted molar refractivity (Wildman–Crippen MR) is 215 cm³/mol. The molecule has 5 heterocycles. The first-order valence-electron chi connectivity index (χ1n) is 21.0. The van der Waals surface area contributed by atoms with Gasteiger partial charge in [0, 0.05) is 34.8 Å². The van der Waals surface area contributed by atoms with Crippen LogP contribution in [0.25, 0.3) is 0 Å². The highest BCUT2D eigenvalue weighted by Gasteiger charge is 2.58. The molecule has 0 aromatic heterocycles. The zero-order chi connectivity index (χ0) is 47.2. The minimum atomic E-state index is -1.81. The van der Waals surface area contributed by atoms with Crippen molar-refractivity contribution in [1.82, 2.24) is 4.90 Å². The van der Waals surface area contributed by atoms with Crippen LogP contribution in [0.3, 0.4) is 0 Å². The molecule has 2 fully saturated rings. The minimum absolute atomic E-state index is 0.00386. The molecule has 0 saturated carbocycles. The van der Waals surface area contributed by atoms with Crippen molar-refractivity contribution in [2.45, 2.75) is 89.1 Å². The Morgan fingerprint density at radius 3 is 1.61 bits per heavy atom. The van der Waals surface area contributed by atoms with Crippen LogP contribution < -0.4 is 9.47 Å². The van der Waals surface area contributed by atoms with Crippen LogP contribution in [0.1, 0.15) is 48.4 Å². The summed E-state index contributed by atoms with van der Waals surface area (Å²) < 4.78 is 69.9. The van der Waals surface area contributed by atoms with Crippen LogP contribution in [0.15, 0.2) is 48.5 Å². The van der Waals surface area contributed by atoms with E-state index >= 15 is 0 Å². The number of nitrogens with zero attached hydrogens (tertiary/aromatic N) is 1. The summed E-state index contributed by atoms with van der Waals surface area (Å²) in [6.45, 7) is 3.73. The van der Waals surface area contributed by atoms with Gasteiger partial charge in [0.15, 0.2) is 43.1 Å². The molecule has 0 radical (unpaired) electrons. The van der Waals surface area contributed by atoms with E-state index in [9.17, 15) is 28.8 Å². The van der Waals surface area contributed by atoms with Gasteiger partial charge in [-0.05, 0) is 36.4 Å². The van der Waals surface area contributed by atoms with Crippen molar-refractivity contribution in [1.29, 1.82) is 0 Å². The molecule has 7 rings (SSSR count). The lowest BCUT2D eigenvalue weighted by molar-refractivity contribution is -0.459. The molecule has 0 unspecified atom stereocenters. The van der Waals surface area contributed by atoms with Gasteiger partial charge in [0.25, 0.3) is 11.8 Å². The fourth-order valence-corrected chi connectivity index (χ4v) is 7.34. The summed E-state index contributed by atoms with van der Waals surface area (Å²) in [6.07, 6.45) is -15.4. The average molecular weight is 936 g/mol. The molecule has 0 aliphatic carbocycles. The SMILES string of the molecule is CO[C@H]1O[C@H](CN2C(=O)c3ccccc3C2=O)[C@@H](O[C@@H]2O[C@H](COC(C)=O)[C@H](OC(C)=O)[C@H](OC(C)=O)[C@H]2OC(C)=O)[C@@H]2OOCCOCCOc3ccc(cc3)OCCOCCOO[C@@H]12. The Bertz CT molecular complexity index is 1930. The molecule has 66 heavy (non-hydrogen) atoms. The molecule has 10 atom stereocenters. The van der Waals surface area contributed by atoms with Gasteiger partial charge in [0.1, 0.15) is 62.8 Å². The topological polar surface area (TPSA) is 253 Å². The van der Waals surface area contributed by atoms with Crippen molar-refractivity contribution in [3.63, 3.8) is 0 Å². The number of hydrogen-bond acceptors (Lipinski definition) is 22. The molecule has 362 valence electrons. The van der Waals surface area contributed by atoms with Crippen molar-refractivity contribution in [3.8, 4) is 11.5 Å². The van der Waals surface area contributed by atoms with Gasteiger partial charge in [0.2, 0.25) is 0 Å². The Balaban J connectivity index is 1.35. The Labute approximate surface area is 378 Å². The number of methoxy groups -OCH3 is 1. The second-order valence-corrected chi connectivity index (χ2v) is 14.9. The van der Waals surface area contributed by atoms with Gasteiger partial charge in [-0.2, -0.15) is 0 Å². The number of imide groups is 1. The average Bonchev–Trinajstić information content (AvgIpc) is 3.52. The summed E-state index contributed by atoms with van der Waals surface area (Å²) >= 11 is 0. The fourth-order valence-electron chi connectivity index (χ4n) is 7.34. The van der Waals surface area contributed by atoms with E-state index in [2.05, 4.69) is 0 Å². The lowest BCUT2D eigenvalue weighted by atomic mass is 9.95. The zero-order valence-electron chi connectivity index (χ0n) is 36.9. The standard InChI is InChI=1S/C43H53NO22/c1-24(45)56-23-33-35(59-25(2)46)36(60-26(3)47)38(61-27(4)48)43(63-33)64-34-32(22-44-40(49)30-8-6-7-9-31(30)41(44)50)62-42(51-5)39-37(34)65-57-20-16-52-14-18-54-28-10-12-29(13-11-28)55-19-15-53-17-21-58-66-39/h6-13,32-39,42-43H,14-23H2,1-5H3/t32-,33-,34-,35+,36+,37+,38-,39-,42+,43+/m1/s1. The highest BCUT2D eigenvalue weighted by atomic mass is 17.2. The van der Waals surface area contributed by atoms with Crippen LogP contribution in [0.5, 0.6) is 11.5 Å². The quantitative estimate of drug-likeness (QED) is 0.107. The molecule has 2 aromatic rings. The monoisotopic (exact) mass is 935 g/mol. The molecule has 5 aliphatic rings. The summed E-state index contributed by atoms with van der Waals surface area (Å²) in [4.78, 5) is 101. The molecule has 2 aromatic carbocycles. The second-order valence-electron chi connectivity index (χ2n) is 14.9. The lowest BCUT2D eigenvalue weighted by Gasteiger charge is -2.48. The third kappa shape index (κ3) is 13.4. The number of hydrogen-bond donors (Lipinski definition) is 0. The van der Waals surface area contributed by atoms with E-state index in [0.29, 0.717) is 11.5 Å². The molecule has 5 aliphatic heterocycles. The van der Waals surface area contributed by atoms with Crippen LogP contribution >= 0.6 is 0 Å². The van der Waals surface area contributed by atoms with Crippen LogP contribution in [0.2, 0.25) is 0 Å². The maximum atomic E-state index is 13.8. The maximum Gasteiger partial charge on any atom is 0.303 e. The molecule has 2 amide bonds. The summed E-state index contributed by atoms with van der Waals surface area (Å²) in [5, 5.41) is 0. The van der Waals surface area contributed by atoms with E-state index in [4.69, 9.17) is 76.4 Å². The van der Waals surface area contributed by atoms with Gasteiger partial charge in [-0.3, -0.25) is 33.7 Å². The van der Waals surface area contributed by atoms with Gasteiger partial charge in [0.05, 0.1) is 44.1 Å². The van der Waals surface area contributed by atoms with Crippen molar-refractivity contribution >= 4 is 35.7 Å². The third-order valence-corrected chi connectivity index (χ3v) is 10.1. The molecule has 2 bridgehead atoms. The molecular weight excluding hydrogens is 882 g/mol. The van der Waals surface area contributed by atoms with E-state index in [1.807, 2.05) is 0 Å². The lowest BCUT2D eigenvalue weighted by Crippen LogP contribution is -2.67. The van der Waals surface area contributed by atoms with E-state index in [-0.39, 0.29) is 64.0 Å². The normalized spacial score (nSPS) is 29.1. The van der Waals surface area contributed by atoms with E-state index in [0.717, 1.165) is 32.6 Å². The smallest absolute Gasteiger partial charge is 0.303 e. The van der Waals surface area contributed by atoms with Crippen molar-refractivity contribution in [3.05, 3.63) is 59.7 Å². The predicted octanol–water partition coefficient (Wildman–Crippen LogP) is 1.26. The highest BCUT2D eigenvalue weighted by Crippen LogP contribution is 2.36. The largest absolute Gasteiger partial charge is 0.491 e. The molecular formula is C43H53NO22. The Morgan fingerprint density at radius 2 is 1.08 bits per heavy atom. The van der Waals surface area contributed by atoms with Gasteiger partial charge in [-0.25, -0.2) is 19.6 Å². The number of ether oxygens (including phenoxy) is 12. The summed E-state index contributed by atoms with van der Waals surface area (Å²) in [5.41, 5.74) is 0.275. The first-order chi connectivity index (χ1) is 31.8. The Morgan fingerprint density at radius 1 is 0.576 bits per heavy atom. The molecule has 23 heteroatoms. The zero-order valence-corrected chi connectivity index (χ0v) is 36.9. The molecule has 0 spiro atoms. The van der Waals surface area contributed by atoms with Crippen LogP contribution in [0.4, 0.5) is 0 Å². The third-order valence-electron chi connectivity index (χ3n) is 10.1. The molecule has 0 N–H and O–H groups in total. The minimum Gasteiger partial charge on any atom is -0.491 e. The molecule has 2 saturated heterocycles.